The summed E-state index contributed by atoms with van der Waals surface area (Å²) >= 11 is 9.74. The lowest BCUT2D eigenvalue weighted by Crippen LogP contribution is -2.37. The topological polar surface area (TPSA) is 33.7 Å². The molecule has 0 bridgehead atoms. The number of likely N-dealkylation sites (N-methyl/N-ethyl adjacent to an activating group) is 1. The number of benzene rings is 2. The Labute approximate surface area is 187 Å². The van der Waals surface area contributed by atoms with Gasteiger partial charge in [-0.25, -0.2) is 0 Å². The van der Waals surface area contributed by atoms with Crippen molar-refractivity contribution in [2.75, 3.05) is 26.2 Å². The van der Waals surface area contributed by atoms with Gasteiger partial charge in [-0.2, -0.15) is 0 Å². The van der Waals surface area contributed by atoms with Gasteiger partial charge in [0.25, 0.3) is 0 Å². The van der Waals surface area contributed by atoms with Crippen LogP contribution in [0.5, 0.6) is 11.5 Å². The molecule has 4 nitrogen and oxygen atoms in total. The van der Waals surface area contributed by atoms with Crippen molar-refractivity contribution in [3.05, 3.63) is 57.0 Å². The summed E-state index contributed by atoms with van der Waals surface area (Å²) in [7, 11) is 0. The van der Waals surface area contributed by atoms with Crippen LogP contribution in [0.4, 0.5) is 0 Å². The molecule has 1 saturated heterocycles. The Morgan fingerprint density at radius 2 is 2.03 bits per heavy atom. The molecule has 1 aliphatic rings. The molecule has 2 aromatic carbocycles. The van der Waals surface area contributed by atoms with Crippen molar-refractivity contribution in [2.24, 2.45) is 0 Å². The number of nitrogens with zero attached hydrogens (tertiary/aromatic N) is 1. The van der Waals surface area contributed by atoms with Crippen molar-refractivity contribution in [1.29, 1.82) is 0 Å². The van der Waals surface area contributed by atoms with Crippen LogP contribution >= 0.6 is 27.5 Å². The maximum absolute atomic E-state index is 6.07. The van der Waals surface area contributed by atoms with Gasteiger partial charge in [-0.3, -0.25) is 4.90 Å². The van der Waals surface area contributed by atoms with Gasteiger partial charge in [0.1, 0.15) is 6.61 Å². The van der Waals surface area contributed by atoms with Crippen LogP contribution in [0.15, 0.2) is 40.9 Å². The molecule has 1 aliphatic heterocycles. The minimum Gasteiger partial charge on any atom is -0.490 e. The van der Waals surface area contributed by atoms with Gasteiger partial charge in [-0.1, -0.05) is 30.7 Å². The molecule has 0 radical (unpaired) electrons. The molecule has 0 aromatic heterocycles. The van der Waals surface area contributed by atoms with Gasteiger partial charge >= 0.3 is 0 Å². The van der Waals surface area contributed by atoms with Crippen LogP contribution in [-0.2, 0) is 13.2 Å². The average molecular weight is 482 g/mol. The van der Waals surface area contributed by atoms with Gasteiger partial charge in [-0.15, -0.1) is 0 Å². The smallest absolute Gasteiger partial charge is 0.175 e. The molecular formula is C23H30BrClN2O2. The number of hydrogen-bond acceptors (Lipinski definition) is 4. The van der Waals surface area contributed by atoms with Gasteiger partial charge in [-0.05, 0) is 84.2 Å². The highest BCUT2D eigenvalue weighted by atomic mass is 79.9. The van der Waals surface area contributed by atoms with Gasteiger partial charge in [0, 0.05) is 24.2 Å². The SMILES string of the molecule is CCOc1cc(CNC[C@@H]2CCCN2CC)cc(Br)c1OCc1cccc(Cl)c1. The van der Waals surface area contributed by atoms with Crippen LogP contribution in [0.2, 0.25) is 5.02 Å². The van der Waals surface area contributed by atoms with E-state index in [9.17, 15) is 0 Å². The Morgan fingerprint density at radius 1 is 1.17 bits per heavy atom. The van der Waals surface area contributed by atoms with E-state index < -0.39 is 0 Å². The van der Waals surface area contributed by atoms with E-state index >= 15 is 0 Å². The number of halogens is 2. The van der Waals surface area contributed by atoms with Crippen molar-refractivity contribution in [3.63, 3.8) is 0 Å². The second-order valence-electron chi connectivity index (χ2n) is 7.31. The van der Waals surface area contributed by atoms with Crippen molar-refractivity contribution >= 4 is 27.5 Å². The molecule has 2 aromatic rings. The number of likely N-dealkylation sites (tertiary alicyclic amines) is 1. The predicted molar refractivity (Wildman–Crippen MR) is 123 cm³/mol. The van der Waals surface area contributed by atoms with Crippen LogP contribution in [0, 0.1) is 0 Å². The lowest BCUT2D eigenvalue weighted by Gasteiger charge is -2.23. The lowest BCUT2D eigenvalue weighted by molar-refractivity contribution is 0.259. The van der Waals surface area contributed by atoms with Crippen LogP contribution in [-0.4, -0.2) is 37.2 Å². The Morgan fingerprint density at radius 3 is 2.79 bits per heavy atom. The third kappa shape index (κ3) is 6.35. The number of rotatable bonds is 10. The number of ether oxygens (including phenoxy) is 2. The summed E-state index contributed by atoms with van der Waals surface area (Å²) in [6.45, 7) is 9.43. The molecule has 29 heavy (non-hydrogen) atoms. The Bertz CT molecular complexity index is 802. The largest absolute Gasteiger partial charge is 0.490 e. The third-order valence-corrected chi connectivity index (χ3v) is 6.08. The summed E-state index contributed by atoms with van der Waals surface area (Å²) in [5, 5.41) is 4.32. The van der Waals surface area contributed by atoms with Gasteiger partial charge in [0.05, 0.1) is 11.1 Å². The first-order chi connectivity index (χ1) is 14.1. The summed E-state index contributed by atoms with van der Waals surface area (Å²) < 4.78 is 12.8. The molecule has 1 atom stereocenters. The molecule has 0 unspecified atom stereocenters. The second kappa shape index (κ2) is 11.2. The van der Waals surface area contributed by atoms with E-state index in [1.54, 1.807) is 0 Å². The predicted octanol–water partition coefficient (Wildman–Crippen LogP) is 5.65. The molecule has 1 N–H and O–H groups in total. The van der Waals surface area contributed by atoms with Crippen LogP contribution in [0.1, 0.15) is 37.8 Å². The summed E-state index contributed by atoms with van der Waals surface area (Å²) in [6.07, 6.45) is 2.59. The maximum Gasteiger partial charge on any atom is 0.175 e. The van der Waals surface area contributed by atoms with Crippen molar-refractivity contribution in [1.82, 2.24) is 10.2 Å². The lowest BCUT2D eigenvalue weighted by atomic mass is 10.1. The fourth-order valence-corrected chi connectivity index (χ4v) is 4.65. The zero-order chi connectivity index (χ0) is 20.6. The highest BCUT2D eigenvalue weighted by molar-refractivity contribution is 9.10. The second-order valence-corrected chi connectivity index (χ2v) is 8.60. The van der Waals surface area contributed by atoms with Gasteiger partial charge < -0.3 is 14.8 Å². The zero-order valence-electron chi connectivity index (χ0n) is 17.2. The van der Waals surface area contributed by atoms with Crippen LogP contribution < -0.4 is 14.8 Å². The monoisotopic (exact) mass is 480 g/mol. The third-order valence-electron chi connectivity index (χ3n) is 5.26. The van der Waals surface area contributed by atoms with E-state index in [-0.39, 0.29) is 0 Å². The fourth-order valence-electron chi connectivity index (χ4n) is 3.83. The highest BCUT2D eigenvalue weighted by Crippen LogP contribution is 2.37. The van der Waals surface area contributed by atoms with Crippen molar-refractivity contribution < 1.29 is 9.47 Å². The van der Waals surface area contributed by atoms with E-state index in [4.69, 9.17) is 21.1 Å². The molecule has 1 heterocycles. The van der Waals surface area contributed by atoms with E-state index in [1.165, 1.54) is 24.9 Å². The van der Waals surface area contributed by atoms with E-state index in [0.29, 0.717) is 24.3 Å². The molecule has 0 spiro atoms. The Hall–Kier alpha value is -1.27. The molecule has 1 fully saturated rings. The molecule has 158 valence electrons. The summed E-state index contributed by atoms with van der Waals surface area (Å²) in [4.78, 5) is 2.56. The Kier molecular flexibility index (Phi) is 8.67. The zero-order valence-corrected chi connectivity index (χ0v) is 19.6. The molecule has 6 heteroatoms. The summed E-state index contributed by atoms with van der Waals surface area (Å²) in [6, 6.07) is 12.5. The minimum absolute atomic E-state index is 0.436. The average Bonchev–Trinajstić information content (AvgIpc) is 3.15. The van der Waals surface area contributed by atoms with Crippen molar-refractivity contribution in [3.8, 4) is 11.5 Å². The number of nitrogens with one attached hydrogen (secondary N) is 1. The van der Waals surface area contributed by atoms with Crippen molar-refractivity contribution in [2.45, 2.75) is 45.9 Å². The van der Waals surface area contributed by atoms with E-state index in [1.807, 2.05) is 31.2 Å². The van der Waals surface area contributed by atoms with Crippen LogP contribution in [0.3, 0.4) is 0 Å². The first-order valence-corrected chi connectivity index (χ1v) is 11.5. The normalized spacial score (nSPS) is 16.9. The minimum atomic E-state index is 0.436. The fraction of sp³-hybridized carbons (Fsp3) is 0.478. The standard InChI is InChI=1S/C23H30BrClN2O2/c1-3-27-10-6-9-20(27)15-26-14-18-12-21(24)23(22(13-18)28-4-2)29-16-17-7-5-8-19(25)11-17/h5,7-8,11-13,20,26H,3-4,6,9-10,14-16H2,1-2H3/t20-/m0/s1. The first kappa shape index (κ1) is 22.4. The van der Waals surface area contributed by atoms with E-state index in [2.05, 4.69) is 45.2 Å². The first-order valence-electron chi connectivity index (χ1n) is 10.4. The molecule has 0 amide bonds. The molecule has 0 aliphatic carbocycles. The molecular weight excluding hydrogens is 452 g/mol. The van der Waals surface area contributed by atoms with Gasteiger partial charge in [0.15, 0.2) is 11.5 Å². The Balaban J connectivity index is 1.64. The maximum atomic E-state index is 6.07. The summed E-state index contributed by atoms with van der Waals surface area (Å²) in [5.74, 6) is 1.49. The summed E-state index contributed by atoms with van der Waals surface area (Å²) in [5.41, 5.74) is 2.20. The van der Waals surface area contributed by atoms with Gasteiger partial charge in [0.2, 0.25) is 0 Å². The van der Waals surface area contributed by atoms with E-state index in [0.717, 1.165) is 41.2 Å². The molecule has 0 saturated carbocycles. The highest BCUT2D eigenvalue weighted by Gasteiger charge is 2.22. The molecule has 3 rings (SSSR count). The quantitative estimate of drug-likeness (QED) is 0.475. The number of hydrogen-bond donors (Lipinski definition) is 1. The van der Waals surface area contributed by atoms with Crippen LogP contribution in [0.25, 0.3) is 0 Å².